The Kier molecular flexibility index (Phi) is 3.35. The van der Waals surface area contributed by atoms with E-state index < -0.39 is 0 Å². The van der Waals surface area contributed by atoms with Gasteiger partial charge in [-0.3, -0.25) is 0 Å². The van der Waals surface area contributed by atoms with Gasteiger partial charge in [-0.25, -0.2) is 0 Å². The fourth-order valence-electron chi connectivity index (χ4n) is 1.73. The van der Waals surface area contributed by atoms with Crippen LogP contribution >= 0.6 is 22.9 Å². The Morgan fingerprint density at radius 1 is 1.26 bits per heavy atom. The third-order valence-electron chi connectivity index (χ3n) is 2.70. The smallest absolute Gasteiger partial charge is 0.234 e. The topological polar surface area (TPSA) is 55.1 Å². The molecular formula is C12H12ClN5S. The van der Waals surface area contributed by atoms with Crippen LogP contribution in [0.5, 0.6) is 0 Å². The van der Waals surface area contributed by atoms with E-state index in [2.05, 4.69) is 20.6 Å². The van der Waals surface area contributed by atoms with Gasteiger partial charge in [-0.2, -0.15) is 9.61 Å². The molecule has 2 heterocycles. The Balaban J connectivity index is 1.74. The largest absolute Gasteiger partial charge is 0.378 e. The van der Waals surface area contributed by atoms with E-state index in [4.69, 9.17) is 11.6 Å². The van der Waals surface area contributed by atoms with E-state index in [0.29, 0.717) is 6.54 Å². The lowest BCUT2D eigenvalue weighted by Crippen LogP contribution is -2.00. The van der Waals surface area contributed by atoms with E-state index >= 15 is 0 Å². The van der Waals surface area contributed by atoms with Crippen LogP contribution in [0.3, 0.4) is 0 Å². The first kappa shape index (κ1) is 12.4. The summed E-state index contributed by atoms with van der Waals surface area (Å²) in [6.07, 6.45) is 0.828. The zero-order chi connectivity index (χ0) is 13.2. The summed E-state index contributed by atoms with van der Waals surface area (Å²) >= 11 is 7.39. The van der Waals surface area contributed by atoms with Crippen LogP contribution in [0.15, 0.2) is 24.3 Å². The van der Waals surface area contributed by atoms with E-state index in [1.807, 2.05) is 35.7 Å². The maximum atomic E-state index is 5.84. The summed E-state index contributed by atoms with van der Waals surface area (Å²) in [7, 11) is 0. The van der Waals surface area contributed by atoms with Crippen molar-refractivity contribution in [3.63, 3.8) is 0 Å². The Morgan fingerprint density at radius 3 is 2.79 bits per heavy atom. The van der Waals surface area contributed by atoms with Crippen molar-refractivity contribution in [2.45, 2.75) is 19.9 Å². The predicted molar refractivity (Wildman–Crippen MR) is 76.8 cm³/mol. The molecule has 2 aromatic heterocycles. The molecule has 0 unspecified atom stereocenters. The van der Waals surface area contributed by atoms with E-state index in [9.17, 15) is 0 Å². The van der Waals surface area contributed by atoms with Crippen molar-refractivity contribution in [2.75, 3.05) is 5.32 Å². The summed E-state index contributed by atoms with van der Waals surface area (Å²) in [4.78, 5) is 0.838. The zero-order valence-corrected chi connectivity index (χ0v) is 11.9. The standard InChI is InChI=1S/C12H12ClN5S/c1-2-10-15-16-12-18(10)17-11(19-12)7-14-9-5-3-8(13)4-6-9/h3-6,14H,2,7H2,1H3. The molecule has 7 heteroatoms. The fraction of sp³-hybridized carbons (Fsp3) is 0.250. The van der Waals surface area contributed by atoms with Crippen molar-refractivity contribution in [1.29, 1.82) is 0 Å². The number of anilines is 1. The molecule has 0 aliphatic heterocycles. The SMILES string of the molecule is CCc1nnc2sc(CNc3ccc(Cl)cc3)nn12. The molecule has 0 aliphatic rings. The quantitative estimate of drug-likeness (QED) is 0.803. The number of rotatable bonds is 4. The zero-order valence-electron chi connectivity index (χ0n) is 10.3. The lowest BCUT2D eigenvalue weighted by atomic mass is 10.3. The highest BCUT2D eigenvalue weighted by molar-refractivity contribution is 7.16. The molecule has 98 valence electrons. The van der Waals surface area contributed by atoms with E-state index in [-0.39, 0.29) is 0 Å². The summed E-state index contributed by atoms with van der Waals surface area (Å²) in [6, 6.07) is 7.61. The van der Waals surface area contributed by atoms with Gasteiger partial charge in [0.25, 0.3) is 0 Å². The number of nitrogens with zero attached hydrogens (tertiary/aromatic N) is 4. The second-order valence-corrected chi connectivity index (χ2v) is 5.50. The molecule has 1 aromatic carbocycles. The molecule has 1 N–H and O–H groups in total. The molecule has 0 saturated carbocycles. The Labute approximate surface area is 119 Å². The second-order valence-electron chi connectivity index (χ2n) is 4.02. The molecule has 0 aliphatic carbocycles. The third kappa shape index (κ3) is 2.54. The first-order chi connectivity index (χ1) is 9.26. The minimum atomic E-state index is 0.665. The van der Waals surface area contributed by atoms with Crippen LogP contribution < -0.4 is 5.32 Å². The van der Waals surface area contributed by atoms with E-state index in [1.165, 1.54) is 0 Å². The van der Waals surface area contributed by atoms with Crippen molar-refractivity contribution in [2.24, 2.45) is 0 Å². The first-order valence-electron chi connectivity index (χ1n) is 5.95. The summed E-state index contributed by atoms with van der Waals surface area (Å²) in [5, 5.41) is 17.7. The highest BCUT2D eigenvalue weighted by atomic mass is 35.5. The van der Waals surface area contributed by atoms with Gasteiger partial charge in [0.05, 0.1) is 6.54 Å². The highest BCUT2D eigenvalue weighted by Crippen LogP contribution is 2.17. The molecule has 19 heavy (non-hydrogen) atoms. The van der Waals surface area contributed by atoms with Crippen LogP contribution in [0.1, 0.15) is 17.8 Å². The van der Waals surface area contributed by atoms with Crippen molar-refractivity contribution in [1.82, 2.24) is 19.8 Å². The minimum Gasteiger partial charge on any atom is -0.378 e. The van der Waals surface area contributed by atoms with Crippen LogP contribution in [-0.4, -0.2) is 19.8 Å². The van der Waals surface area contributed by atoms with Crippen LogP contribution in [0.2, 0.25) is 5.02 Å². The van der Waals surface area contributed by atoms with Gasteiger partial charge in [-0.1, -0.05) is 29.9 Å². The van der Waals surface area contributed by atoms with Crippen molar-refractivity contribution in [3.8, 4) is 0 Å². The molecule has 0 atom stereocenters. The van der Waals surface area contributed by atoms with Gasteiger partial charge in [0.1, 0.15) is 5.01 Å². The molecule has 0 amide bonds. The van der Waals surface area contributed by atoms with Crippen LogP contribution in [-0.2, 0) is 13.0 Å². The Bertz CT molecular complexity index is 688. The fourth-order valence-corrected chi connectivity index (χ4v) is 2.65. The molecule has 0 spiro atoms. The summed E-state index contributed by atoms with van der Waals surface area (Å²) in [5.41, 5.74) is 1.02. The molecule has 0 fully saturated rings. The van der Waals surface area contributed by atoms with Gasteiger partial charge in [0, 0.05) is 17.1 Å². The molecule has 0 radical (unpaired) electrons. The summed E-state index contributed by atoms with van der Waals surface area (Å²) in [6.45, 7) is 2.71. The number of aryl methyl sites for hydroxylation is 1. The van der Waals surface area contributed by atoms with Gasteiger partial charge in [-0.15, -0.1) is 10.2 Å². The van der Waals surface area contributed by atoms with Crippen LogP contribution in [0, 0.1) is 0 Å². The molecule has 3 rings (SSSR count). The van der Waals surface area contributed by atoms with Crippen molar-refractivity contribution >= 4 is 33.6 Å². The number of nitrogens with one attached hydrogen (secondary N) is 1. The lowest BCUT2D eigenvalue weighted by Gasteiger charge is -2.03. The summed E-state index contributed by atoms with van der Waals surface area (Å²) in [5.74, 6) is 0.893. The van der Waals surface area contributed by atoms with E-state index in [1.54, 1.807) is 11.3 Å². The van der Waals surface area contributed by atoms with Gasteiger partial charge in [0.2, 0.25) is 4.96 Å². The average molecular weight is 294 g/mol. The van der Waals surface area contributed by atoms with Crippen molar-refractivity contribution in [3.05, 3.63) is 40.1 Å². The van der Waals surface area contributed by atoms with Crippen molar-refractivity contribution < 1.29 is 0 Å². The van der Waals surface area contributed by atoms with Crippen LogP contribution in [0.25, 0.3) is 4.96 Å². The van der Waals surface area contributed by atoms with Gasteiger partial charge in [0.15, 0.2) is 5.82 Å². The maximum Gasteiger partial charge on any atom is 0.234 e. The van der Waals surface area contributed by atoms with Gasteiger partial charge >= 0.3 is 0 Å². The Hall–Kier alpha value is -1.66. The first-order valence-corrected chi connectivity index (χ1v) is 7.15. The predicted octanol–water partition coefficient (Wildman–Crippen LogP) is 3.01. The summed E-state index contributed by atoms with van der Waals surface area (Å²) < 4.78 is 1.81. The van der Waals surface area contributed by atoms with E-state index in [0.717, 1.165) is 32.9 Å². The molecular weight excluding hydrogens is 282 g/mol. The number of fused-ring (bicyclic) bond motifs is 1. The molecule has 0 bridgehead atoms. The molecule has 0 saturated heterocycles. The minimum absolute atomic E-state index is 0.665. The number of hydrogen-bond acceptors (Lipinski definition) is 5. The second kappa shape index (κ2) is 5.14. The van der Waals surface area contributed by atoms with Gasteiger partial charge in [-0.05, 0) is 24.3 Å². The highest BCUT2D eigenvalue weighted by Gasteiger charge is 2.09. The third-order valence-corrected chi connectivity index (χ3v) is 3.85. The number of aromatic nitrogens is 4. The number of halogens is 1. The number of hydrogen-bond donors (Lipinski definition) is 1. The molecule has 5 nitrogen and oxygen atoms in total. The monoisotopic (exact) mass is 293 g/mol. The average Bonchev–Trinajstić information content (AvgIpc) is 2.97. The number of benzene rings is 1. The normalized spacial score (nSPS) is 11.1. The Morgan fingerprint density at radius 2 is 2.05 bits per heavy atom. The molecule has 3 aromatic rings. The lowest BCUT2D eigenvalue weighted by molar-refractivity contribution is 0.815. The van der Waals surface area contributed by atoms with Gasteiger partial charge < -0.3 is 5.32 Å². The van der Waals surface area contributed by atoms with Crippen LogP contribution in [0.4, 0.5) is 5.69 Å². The maximum absolute atomic E-state index is 5.84.